The molecule has 1 aliphatic rings. The molecule has 0 aliphatic heterocycles. The lowest BCUT2D eigenvalue weighted by molar-refractivity contribution is 0.346. The Bertz CT molecular complexity index is 580. The van der Waals surface area contributed by atoms with Gasteiger partial charge in [0.05, 0.1) is 9.88 Å². The number of aryl methyl sites for hydroxylation is 1. The second-order valence-electron chi connectivity index (χ2n) is 5.99. The van der Waals surface area contributed by atoms with Crippen molar-refractivity contribution in [2.45, 2.75) is 45.4 Å². The molecule has 3 heteroatoms. The molecule has 1 aromatic heterocycles. The lowest BCUT2D eigenvalue weighted by Crippen LogP contribution is -2.10. The van der Waals surface area contributed by atoms with Crippen molar-refractivity contribution in [1.29, 1.82) is 0 Å². The first-order valence-corrected chi connectivity index (χ1v) is 8.18. The molecule has 0 N–H and O–H groups in total. The van der Waals surface area contributed by atoms with Crippen LogP contribution >= 0.6 is 11.3 Å². The molecule has 1 aliphatic carbocycles. The van der Waals surface area contributed by atoms with E-state index in [1.54, 1.807) is 11.3 Å². The van der Waals surface area contributed by atoms with Gasteiger partial charge in [0.2, 0.25) is 5.95 Å². The zero-order valence-electron chi connectivity index (χ0n) is 12.0. The van der Waals surface area contributed by atoms with Crippen LogP contribution in [0.3, 0.4) is 0 Å². The zero-order valence-corrected chi connectivity index (χ0v) is 12.8. The molecule has 0 radical (unpaired) electrons. The van der Waals surface area contributed by atoms with Gasteiger partial charge in [-0.15, -0.1) is 11.3 Å². The minimum absolute atomic E-state index is 0.299. The van der Waals surface area contributed by atoms with Gasteiger partial charge in [0.15, 0.2) is 0 Å². The molecule has 0 spiro atoms. The van der Waals surface area contributed by atoms with Crippen LogP contribution < -0.4 is 0 Å². The fourth-order valence-electron chi connectivity index (χ4n) is 2.88. The number of benzene rings is 1. The summed E-state index contributed by atoms with van der Waals surface area (Å²) in [5, 5.41) is 0.991. The second kappa shape index (κ2) is 5.65. The molecular formula is C17H20FNS. The van der Waals surface area contributed by atoms with E-state index in [1.807, 2.05) is 31.2 Å². The highest BCUT2D eigenvalue weighted by molar-refractivity contribution is 7.15. The highest BCUT2D eigenvalue weighted by Gasteiger charge is 2.24. The lowest BCUT2D eigenvalue weighted by atomic mass is 9.83. The van der Waals surface area contributed by atoms with Gasteiger partial charge < -0.3 is 0 Å². The summed E-state index contributed by atoms with van der Waals surface area (Å²) in [6, 6.07) is 8.02. The molecule has 0 atom stereocenters. The predicted molar refractivity (Wildman–Crippen MR) is 82.6 cm³/mol. The third-order valence-electron chi connectivity index (χ3n) is 4.28. The van der Waals surface area contributed by atoms with Gasteiger partial charge in [-0.25, -0.2) is 4.98 Å². The highest BCUT2D eigenvalue weighted by atomic mass is 32.1. The summed E-state index contributed by atoms with van der Waals surface area (Å²) in [7, 11) is 0. The van der Waals surface area contributed by atoms with Crippen LogP contribution in [-0.4, -0.2) is 4.98 Å². The Labute approximate surface area is 123 Å². The minimum Gasteiger partial charge on any atom is -0.212 e. The molecule has 0 bridgehead atoms. The molecule has 1 nitrogen and oxygen atoms in total. The van der Waals surface area contributed by atoms with Crippen molar-refractivity contribution in [2.24, 2.45) is 5.92 Å². The van der Waals surface area contributed by atoms with Crippen LogP contribution in [0.5, 0.6) is 0 Å². The van der Waals surface area contributed by atoms with Gasteiger partial charge in [-0.2, -0.15) is 4.39 Å². The topological polar surface area (TPSA) is 12.9 Å². The maximum Gasteiger partial charge on any atom is 0.231 e. The van der Waals surface area contributed by atoms with Crippen molar-refractivity contribution in [3.8, 4) is 10.4 Å². The van der Waals surface area contributed by atoms with Crippen molar-refractivity contribution in [3.05, 3.63) is 40.8 Å². The molecule has 0 unspecified atom stereocenters. The molecule has 3 rings (SSSR count). The first kappa shape index (κ1) is 13.7. The Hall–Kier alpha value is -1.22. The van der Waals surface area contributed by atoms with E-state index in [4.69, 9.17) is 0 Å². The Morgan fingerprint density at radius 3 is 2.40 bits per heavy atom. The predicted octanol–water partition coefficient (Wildman–Crippen LogP) is 5.55. The van der Waals surface area contributed by atoms with E-state index in [0.29, 0.717) is 10.8 Å². The average Bonchev–Trinajstić information content (AvgIpc) is 2.82. The summed E-state index contributed by atoms with van der Waals surface area (Å²) in [5.41, 5.74) is 2.14. The van der Waals surface area contributed by atoms with Crippen LogP contribution in [0.4, 0.5) is 4.39 Å². The number of hydrogen-bond acceptors (Lipinski definition) is 2. The van der Waals surface area contributed by atoms with Gasteiger partial charge in [-0.1, -0.05) is 49.6 Å². The number of rotatable bonds is 2. The van der Waals surface area contributed by atoms with Crippen molar-refractivity contribution in [3.63, 3.8) is 0 Å². The molecule has 1 saturated carbocycles. The van der Waals surface area contributed by atoms with Crippen molar-refractivity contribution in [2.75, 3.05) is 0 Å². The lowest BCUT2D eigenvalue weighted by Gasteiger charge is -2.24. The molecule has 1 aromatic carbocycles. The average molecular weight is 289 g/mol. The van der Waals surface area contributed by atoms with Crippen LogP contribution in [-0.2, 0) is 0 Å². The summed E-state index contributed by atoms with van der Waals surface area (Å²) in [5.74, 6) is 0.977. The summed E-state index contributed by atoms with van der Waals surface area (Å²) in [6.45, 7) is 4.35. The van der Waals surface area contributed by atoms with E-state index in [1.165, 1.54) is 18.4 Å². The number of aromatic nitrogens is 1. The molecular weight excluding hydrogens is 269 g/mol. The monoisotopic (exact) mass is 289 g/mol. The second-order valence-corrected chi connectivity index (χ2v) is 7.03. The van der Waals surface area contributed by atoms with Crippen LogP contribution in [0, 0.1) is 18.8 Å². The first-order chi connectivity index (χ1) is 9.63. The maximum atomic E-state index is 14.1. The molecule has 106 valence electrons. The normalized spacial score (nSPS) is 22.9. The molecule has 0 amide bonds. The number of halogens is 1. The summed E-state index contributed by atoms with van der Waals surface area (Å²) in [6.07, 6.45) is 4.79. The van der Waals surface area contributed by atoms with Gasteiger partial charge in [-0.3, -0.25) is 0 Å². The van der Waals surface area contributed by atoms with E-state index in [0.717, 1.165) is 29.3 Å². The number of thiazole rings is 1. The Balaban J connectivity index is 1.85. The molecule has 0 saturated heterocycles. The first-order valence-electron chi connectivity index (χ1n) is 7.36. The molecule has 1 heterocycles. The van der Waals surface area contributed by atoms with Crippen molar-refractivity contribution >= 4 is 11.3 Å². The largest absolute Gasteiger partial charge is 0.231 e. The van der Waals surface area contributed by atoms with Gasteiger partial charge in [0.25, 0.3) is 0 Å². The SMILES string of the molecule is Cc1ccc(-c2sc(C3CCC(C)CC3)nc2F)cc1. The summed E-state index contributed by atoms with van der Waals surface area (Å²) in [4.78, 5) is 4.90. The zero-order chi connectivity index (χ0) is 14.1. The van der Waals surface area contributed by atoms with Crippen LogP contribution in [0.15, 0.2) is 24.3 Å². The Morgan fingerprint density at radius 2 is 1.75 bits per heavy atom. The van der Waals surface area contributed by atoms with E-state index >= 15 is 0 Å². The van der Waals surface area contributed by atoms with Gasteiger partial charge >= 0.3 is 0 Å². The van der Waals surface area contributed by atoms with Crippen LogP contribution in [0.25, 0.3) is 10.4 Å². The third-order valence-corrected chi connectivity index (χ3v) is 5.52. The van der Waals surface area contributed by atoms with Gasteiger partial charge in [0.1, 0.15) is 0 Å². The van der Waals surface area contributed by atoms with Crippen molar-refractivity contribution < 1.29 is 4.39 Å². The Kier molecular flexibility index (Phi) is 3.88. The van der Waals surface area contributed by atoms with E-state index in [9.17, 15) is 4.39 Å². The summed E-state index contributed by atoms with van der Waals surface area (Å²) < 4.78 is 14.1. The standard InChI is InChI=1S/C17H20FNS/c1-11-3-7-13(8-4-11)15-16(18)19-17(20-15)14-9-5-12(2)6-10-14/h3-4,7-8,12,14H,5-6,9-10H2,1-2H3. The molecule has 1 fully saturated rings. The number of hydrogen-bond donors (Lipinski definition) is 0. The van der Waals surface area contributed by atoms with E-state index < -0.39 is 0 Å². The highest BCUT2D eigenvalue weighted by Crippen LogP contribution is 2.40. The van der Waals surface area contributed by atoms with Crippen LogP contribution in [0.2, 0.25) is 0 Å². The fourth-order valence-corrected chi connectivity index (χ4v) is 4.00. The third kappa shape index (κ3) is 2.78. The van der Waals surface area contributed by atoms with Gasteiger partial charge in [-0.05, 0) is 31.2 Å². The molecule has 2 aromatic rings. The fraction of sp³-hybridized carbons (Fsp3) is 0.471. The Morgan fingerprint density at radius 1 is 1.10 bits per heavy atom. The van der Waals surface area contributed by atoms with E-state index in [-0.39, 0.29) is 5.95 Å². The van der Waals surface area contributed by atoms with Gasteiger partial charge in [0, 0.05) is 5.92 Å². The minimum atomic E-state index is -0.299. The number of nitrogens with zero attached hydrogens (tertiary/aromatic N) is 1. The summed E-state index contributed by atoms with van der Waals surface area (Å²) >= 11 is 1.54. The smallest absolute Gasteiger partial charge is 0.212 e. The van der Waals surface area contributed by atoms with Crippen molar-refractivity contribution in [1.82, 2.24) is 4.98 Å². The quantitative estimate of drug-likeness (QED) is 0.706. The molecule has 20 heavy (non-hydrogen) atoms. The maximum absolute atomic E-state index is 14.1. The van der Waals surface area contributed by atoms with E-state index in [2.05, 4.69) is 11.9 Å². The van der Waals surface area contributed by atoms with Crippen LogP contribution in [0.1, 0.15) is 49.1 Å².